The maximum Gasteiger partial charge on any atom is 0.417 e. The Morgan fingerprint density at radius 2 is 1.56 bits per heavy atom. The fraction of sp³-hybridized carbons (Fsp3) is 0.269. The minimum absolute atomic E-state index is 0.240. The lowest BCUT2D eigenvalue weighted by Gasteiger charge is -2.38. The number of carbonyl (C=O) groups excluding carboxylic acids is 1. The molecule has 0 N–H and O–H groups in total. The van der Waals surface area contributed by atoms with Crippen LogP contribution in [0.15, 0.2) is 60.7 Å². The minimum atomic E-state index is -4.65. The van der Waals surface area contributed by atoms with Crippen LogP contribution in [0.3, 0.4) is 0 Å². The van der Waals surface area contributed by atoms with Crippen LogP contribution in [-0.2, 0) is 12.6 Å². The molecule has 3 aromatic rings. The first kappa shape index (κ1) is 23.5. The molecule has 0 radical (unpaired) electrons. The van der Waals surface area contributed by atoms with Gasteiger partial charge in [0.25, 0.3) is 5.91 Å². The lowest BCUT2D eigenvalue weighted by Crippen LogP contribution is -2.41. The molecule has 0 unspecified atom stereocenters. The first-order valence-electron chi connectivity index (χ1n) is 10.6. The summed E-state index contributed by atoms with van der Waals surface area (Å²) in [6.45, 7) is 0.240. The van der Waals surface area contributed by atoms with Crippen molar-refractivity contribution in [3.63, 3.8) is 0 Å². The molecule has 5 nitrogen and oxygen atoms in total. The summed E-state index contributed by atoms with van der Waals surface area (Å²) in [5.41, 5.74) is 1.12. The van der Waals surface area contributed by atoms with Crippen molar-refractivity contribution < 1.29 is 32.2 Å². The number of rotatable bonds is 5. The maximum atomic E-state index is 13.7. The molecule has 1 atom stereocenters. The molecular formula is C26H24F3NO4. The SMILES string of the molecule is COc1ccc([C@H]2c3cc(OC)c(OC)cc3CCN2C(=O)c2ccccc2C(F)(F)F)cc1. The number of halogens is 3. The van der Waals surface area contributed by atoms with Crippen molar-refractivity contribution in [3.05, 3.63) is 88.5 Å². The molecule has 0 saturated carbocycles. The van der Waals surface area contributed by atoms with Crippen LogP contribution >= 0.6 is 0 Å². The van der Waals surface area contributed by atoms with E-state index in [1.807, 2.05) is 18.2 Å². The third kappa shape index (κ3) is 4.27. The summed E-state index contributed by atoms with van der Waals surface area (Å²) in [6, 6.07) is 15.0. The van der Waals surface area contributed by atoms with Crippen molar-refractivity contribution >= 4 is 5.91 Å². The van der Waals surface area contributed by atoms with Gasteiger partial charge in [0.2, 0.25) is 0 Å². The van der Waals surface area contributed by atoms with Crippen molar-refractivity contribution in [2.45, 2.75) is 18.6 Å². The molecule has 1 aliphatic heterocycles. The van der Waals surface area contributed by atoms with Gasteiger partial charge in [-0.05, 0) is 59.5 Å². The van der Waals surface area contributed by atoms with Gasteiger partial charge in [-0.2, -0.15) is 13.2 Å². The van der Waals surface area contributed by atoms with E-state index in [0.29, 0.717) is 23.7 Å². The second-order valence-corrected chi connectivity index (χ2v) is 7.87. The van der Waals surface area contributed by atoms with Gasteiger partial charge in [0, 0.05) is 6.54 Å². The first-order chi connectivity index (χ1) is 16.3. The minimum Gasteiger partial charge on any atom is -0.497 e. The lowest BCUT2D eigenvalue weighted by molar-refractivity contribution is -0.138. The molecule has 0 bridgehead atoms. The highest BCUT2D eigenvalue weighted by atomic mass is 19.4. The predicted molar refractivity (Wildman–Crippen MR) is 121 cm³/mol. The molecule has 0 aliphatic carbocycles. The Morgan fingerprint density at radius 3 is 2.18 bits per heavy atom. The van der Waals surface area contributed by atoms with E-state index in [0.717, 1.165) is 22.8 Å². The van der Waals surface area contributed by atoms with E-state index in [2.05, 4.69) is 0 Å². The summed E-state index contributed by atoms with van der Waals surface area (Å²) in [4.78, 5) is 15.1. The number of ether oxygens (including phenoxy) is 3. The smallest absolute Gasteiger partial charge is 0.417 e. The van der Waals surface area contributed by atoms with Gasteiger partial charge in [-0.25, -0.2) is 0 Å². The molecule has 0 saturated heterocycles. The molecule has 1 aliphatic rings. The highest BCUT2D eigenvalue weighted by Crippen LogP contribution is 2.42. The van der Waals surface area contributed by atoms with Gasteiger partial charge in [0.15, 0.2) is 11.5 Å². The van der Waals surface area contributed by atoms with Gasteiger partial charge in [0.1, 0.15) is 5.75 Å². The lowest BCUT2D eigenvalue weighted by atomic mass is 9.87. The third-order valence-corrected chi connectivity index (χ3v) is 6.03. The zero-order valence-corrected chi connectivity index (χ0v) is 19.0. The van der Waals surface area contributed by atoms with Gasteiger partial charge < -0.3 is 19.1 Å². The topological polar surface area (TPSA) is 48.0 Å². The third-order valence-electron chi connectivity index (χ3n) is 6.03. The summed E-state index contributed by atoms with van der Waals surface area (Å²) in [7, 11) is 4.60. The number of methoxy groups -OCH3 is 3. The van der Waals surface area contributed by atoms with E-state index >= 15 is 0 Å². The number of benzene rings is 3. The van der Waals surface area contributed by atoms with Gasteiger partial charge in [-0.1, -0.05) is 24.3 Å². The summed E-state index contributed by atoms with van der Waals surface area (Å²) in [5.74, 6) is 0.975. The van der Waals surface area contributed by atoms with E-state index in [1.54, 1.807) is 25.3 Å². The second-order valence-electron chi connectivity index (χ2n) is 7.87. The largest absolute Gasteiger partial charge is 0.497 e. The Kier molecular flexibility index (Phi) is 6.41. The Hall–Kier alpha value is -3.68. The Morgan fingerprint density at radius 1 is 0.912 bits per heavy atom. The summed E-state index contributed by atoms with van der Waals surface area (Å²) in [5, 5.41) is 0. The van der Waals surface area contributed by atoms with Crippen LogP contribution in [-0.4, -0.2) is 38.7 Å². The molecule has 1 heterocycles. The Labute approximate surface area is 195 Å². The van der Waals surface area contributed by atoms with Crippen molar-refractivity contribution in [1.29, 1.82) is 0 Å². The number of carbonyl (C=O) groups is 1. The Bertz CT molecular complexity index is 1190. The van der Waals surface area contributed by atoms with E-state index in [4.69, 9.17) is 14.2 Å². The van der Waals surface area contributed by atoms with Gasteiger partial charge >= 0.3 is 6.18 Å². The summed E-state index contributed by atoms with van der Waals surface area (Å²) < 4.78 is 57.2. The molecule has 0 fully saturated rings. The highest BCUT2D eigenvalue weighted by molar-refractivity contribution is 5.96. The molecule has 1 amide bonds. The molecule has 0 aromatic heterocycles. The van der Waals surface area contributed by atoms with Crippen LogP contribution in [0.1, 0.15) is 38.7 Å². The second kappa shape index (κ2) is 9.29. The van der Waals surface area contributed by atoms with Gasteiger partial charge in [-0.3, -0.25) is 4.79 Å². The molecule has 8 heteroatoms. The molecular weight excluding hydrogens is 447 g/mol. The number of fused-ring (bicyclic) bond motifs is 1. The maximum absolute atomic E-state index is 13.7. The van der Waals surface area contributed by atoms with Crippen LogP contribution in [0, 0.1) is 0 Å². The van der Waals surface area contributed by atoms with Crippen LogP contribution in [0.25, 0.3) is 0 Å². The van der Waals surface area contributed by atoms with E-state index in [9.17, 15) is 18.0 Å². The van der Waals surface area contributed by atoms with Crippen molar-refractivity contribution in [3.8, 4) is 17.2 Å². The average Bonchev–Trinajstić information content (AvgIpc) is 2.86. The van der Waals surface area contributed by atoms with E-state index in [1.165, 1.54) is 37.3 Å². The van der Waals surface area contributed by atoms with Crippen molar-refractivity contribution in [1.82, 2.24) is 4.90 Å². The Balaban J connectivity index is 1.87. The van der Waals surface area contributed by atoms with E-state index in [-0.39, 0.29) is 12.1 Å². The molecule has 178 valence electrons. The number of hydrogen-bond donors (Lipinski definition) is 0. The summed E-state index contributed by atoms with van der Waals surface area (Å²) >= 11 is 0. The quantitative estimate of drug-likeness (QED) is 0.492. The summed E-state index contributed by atoms with van der Waals surface area (Å²) in [6.07, 6.45) is -4.19. The van der Waals surface area contributed by atoms with Crippen LogP contribution in [0.5, 0.6) is 17.2 Å². The number of alkyl halides is 3. The molecule has 3 aromatic carbocycles. The molecule has 0 spiro atoms. The van der Waals surface area contributed by atoms with Gasteiger partial charge in [0.05, 0.1) is 38.5 Å². The predicted octanol–water partition coefficient (Wildman–Crippen LogP) is 5.52. The van der Waals surface area contributed by atoms with E-state index < -0.39 is 23.7 Å². The zero-order valence-electron chi connectivity index (χ0n) is 19.0. The fourth-order valence-electron chi connectivity index (χ4n) is 4.38. The normalized spacial score (nSPS) is 15.5. The average molecular weight is 471 g/mol. The van der Waals surface area contributed by atoms with Crippen LogP contribution < -0.4 is 14.2 Å². The van der Waals surface area contributed by atoms with Gasteiger partial charge in [-0.15, -0.1) is 0 Å². The monoisotopic (exact) mass is 471 g/mol. The zero-order chi connectivity index (χ0) is 24.5. The van der Waals surface area contributed by atoms with Crippen molar-refractivity contribution in [2.75, 3.05) is 27.9 Å². The number of amides is 1. The number of hydrogen-bond acceptors (Lipinski definition) is 4. The first-order valence-corrected chi connectivity index (χ1v) is 10.6. The van der Waals surface area contributed by atoms with Crippen LogP contribution in [0.2, 0.25) is 0 Å². The fourth-order valence-corrected chi connectivity index (χ4v) is 4.38. The standard InChI is InChI=1S/C26H24F3NO4/c1-32-18-10-8-16(9-11-18)24-20-15-23(34-3)22(33-2)14-17(20)12-13-30(24)25(31)19-6-4-5-7-21(19)26(27,28)29/h4-11,14-15,24H,12-13H2,1-3H3/t24-/m0/s1. The van der Waals surface area contributed by atoms with Crippen molar-refractivity contribution in [2.24, 2.45) is 0 Å². The van der Waals surface area contributed by atoms with Crippen LogP contribution in [0.4, 0.5) is 13.2 Å². The molecule has 34 heavy (non-hydrogen) atoms. The highest BCUT2D eigenvalue weighted by Gasteiger charge is 2.39. The number of nitrogens with zero attached hydrogens (tertiary/aromatic N) is 1. The molecule has 4 rings (SSSR count).